The lowest BCUT2D eigenvalue weighted by molar-refractivity contribution is 0.381. The summed E-state index contributed by atoms with van der Waals surface area (Å²) in [6.07, 6.45) is 0. The van der Waals surface area contributed by atoms with E-state index >= 15 is 0 Å². The molecule has 0 saturated carbocycles. The topological polar surface area (TPSA) is 21.3 Å². The van der Waals surface area contributed by atoms with E-state index in [-0.39, 0.29) is 10.8 Å². The number of nitrogens with one attached hydrogen (secondary N) is 1. The molecule has 0 radical (unpaired) electrons. The summed E-state index contributed by atoms with van der Waals surface area (Å²) in [6, 6.07) is 8.88. The Morgan fingerprint density at radius 2 is 2.00 bits per heavy atom. The summed E-state index contributed by atoms with van der Waals surface area (Å²) in [5.41, 5.74) is 1.00. The van der Waals surface area contributed by atoms with Gasteiger partial charge in [0, 0.05) is 5.56 Å². The average Bonchev–Trinajstić information content (AvgIpc) is 2.48. The zero-order chi connectivity index (χ0) is 15.4. The Morgan fingerprint density at radius 3 is 2.62 bits per heavy atom. The summed E-state index contributed by atoms with van der Waals surface area (Å²) in [4.78, 5) is 0. The molecule has 2 aromatic carbocycles. The van der Waals surface area contributed by atoms with Gasteiger partial charge in [-0.3, -0.25) is 0 Å². The lowest BCUT2D eigenvalue weighted by Gasteiger charge is -2.20. The molecule has 5 heteroatoms. The van der Waals surface area contributed by atoms with Crippen LogP contribution in [-0.2, 0) is 0 Å². The highest BCUT2D eigenvalue weighted by atomic mass is 35.5. The van der Waals surface area contributed by atoms with Gasteiger partial charge in [-0.15, -0.1) is 0 Å². The number of benzene rings is 2. The Morgan fingerprint density at radius 1 is 1.24 bits per heavy atom. The van der Waals surface area contributed by atoms with Gasteiger partial charge < -0.3 is 10.1 Å². The SMILES string of the molecule is CCNC(c1ccc(Cl)c(F)c1)c1cccc(OC)c1F. The van der Waals surface area contributed by atoms with Crippen LogP contribution in [-0.4, -0.2) is 13.7 Å². The van der Waals surface area contributed by atoms with Crippen LogP contribution in [0.2, 0.25) is 5.02 Å². The molecule has 2 nitrogen and oxygen atoms in total. The number of hydrogen-bond acceptors (Lipinski definition) is 2. The van der Waals surface area contributed by atoms with Crippen molar-refractivity contribution in [3.05, 3.63) is 64.2 Å². The molecule has 0 fully saturated rings. The number of methoxy groups -OCH3 is 1. The van der Waals surface area contributed by atoms with E-state index in [4.69, 9.17) is 16.3 Å². The summed E-state index contributed by atoms with van der Waals surface area (Å²) in [7, 11) is 1.41. The third kappa shape index (κ3) is 3.34. The molecule has 21 heavy (non-hydrogen) atoms. The van der Waals surface area contributed by atoms with Gasteiger partial charge in [-0.1, -0.05) is 36.7 Å². The lowest BCUT2D eigenvalue weighted by atomic mass is 9.97. The van der Waals surface area contributed by atoms with Gasteiger partial charge in [0.1, 0.15) is 5.82 Å². The van der Waals surface area contributed by atoms with Gasteiger partial charge in [0.05, 0.1) is 18.2 Å². The molecule has 0 heterocycles. The van der Waals surface area contributed by atoms with Crippen molar-refractivity contribution in [2.75, 3.05) is 13.7 Å². The second kappa shape index (κ2) is 6.87. The van der Waals surface area contributed by atoms with Crippen molar-refractivity contribution >= 4 is 11.6 Å². The lowest BCUT2D eigenvalue weighted by Crippen LogP contribution is -2.23. The quantitative estimate of drug-likeness (QED) is 0.887. The van der Waals surface area contributed by atoms with Gasteiger partial charge in [-0.25, -0.2) is 8.78 Å². The Bertz CT molecular complexity index is 634. The van der Waals surface area contributed by atoms with Crippen LogP contribution >= 0.6 is 11.6 Å². The van der Waals surface area contributed by atoms with Gasteiger partial charge in [0.2, 0.25) is 0 Å². The van der Waals surface area contributed by atoms with E-state index in [1.165, 1.54) is 19.2 Å². The molecule has 1 atom stereocenters. The molecule has 2 aromatic rings. The van der Waals surface area contributed by atoms with E-state index in [9.17, 15) is 8.78 Å². The Balaban J connectivity index is 2.50. The molecule has 0 amide bonds. The minimum absolute atomic E-state index is 0.0418. The minimum atomic E-state index is -0.527. The zero-order valence-corrected chi connectivity index (χ0v) is 12.5. The fraction of sp³-hybridized carbons (Fsp3) is 0.250. The van der Waals surface area contributed by atoms with Gasteiger partial charge in [0.25, 0.3) is 0 Å². The first kappa shape index (κ1) is 15.7. The molecule has 0 aliphatic heterocycles. The standard InChI is InChI=1S/C16H16ClF2NO/c1-3-20-16(10-7-8-12(17)13(18)9-10)11-5-4-6-14(21-2)15(11)19/h4-9,16,20H,3H2,1-2H3. The van der Waals surface area contributed by atoms with Crippen LogP contribution in [0.5, 0.6) is 5.75 Å². The maximum atomic E-state index is 14.4. The van der Waals surface area contributed by atoms with Crippen molar-refractivity contribution in [2.24, 2.45) is 0 Å². The van der Waals surface area contributed by atoms with Crippen molar-refractivity contribution in [1.82, 2.24) is 5.32 Å². The maximum absolute atomic E-state index is 14.4. The van der Waals surface area contributed by atoms with Crippen molar-refractivity contribution in [1.29, 1.82) is 0 Å². The van der Waals surface area contributed by atoms with Crippen LogP contribution in [0.3, 0.4) is 0 Å². The fourth-order valence-electron chi connectivity index (χ4n) is 2.21. The van der Waals surface area contributed by atoms with E-state index in [1.807, 2.05) is 6.92 Å². The van der Waals surface area contributed by atoms with E-state index in [0.29, 0.717) is 17.7 Å². The van der Waals surface area contributed by atoms with Crippen LogP contribution in [0.4, 0.5) is 8.78 Å². The van der Waals surface area contributed by atoms with Crippen molar-refractivity contribution in [2.45, 2.75) is 13.0 Å². The number of ether oxygens (including phenoxy) is 1. The minimum Gasteiger partial charge on any atom is -0.494 e. The highest BCUT2D eigenvalue weighted by Crippen LogP contribution is 2.30. The third-order valence-electron chi connectivity index (χ3n) is 3.21. The van der Waals surface area contributed by atoms with Crippen molar-refractivity contribution in [3.63, 3.8) is 0 Å². The highest BCUT2D eigenvalue weighted by Gasteiger charge is 2.20. The zero-order valence-electron chi connectivity index (χ0n) is 11.8. The smallest absolute Gasteiger partial charge is 0.170 e. The summed E-state index contributed by atoms with van der Waals surface area (Å²) < 4.78 is 33.1. The first-order chi connectivity index (χ1) is 10.1. The highest BCUT2D eigenvalue weighted by molar-refractivity contribution is 6.30. The Hall–Kier alpha value is -1.65. The molecule has 0 aliphatic rings. The number of rotatable bonds is 5. The first-order valence-electron chi connectivity index (χ1n) is 6.59. The summed E-state index contributed by atoms with van der Waals surface area (Å²) >= 11 is 5.70. The molecule has 2 rings (SSSR count). The van der Waals surface area contributed by atoms with Crippen LogP contribution in [0, 0.1) is 11.6 Å². The van der Waals surface area contributed by atoms with Crippen molar-refractivity contribution in [3.8, 4) is 5.75 Å². The fourth-order valence-corrected chi connectivity index (χ4v) is 2.33. The van der Waals surface area contributed by atoms with Crippen LogP contribution < -0.4 is 10.1 Å². The summed E-state index contributed by atoms with van der Waals surface area (Å²) in [5, 5.41) is 3.19. The van der Waals surface area contributed by atoms with E-state index in [0.717, 1.165) is 0 Å². The molecule has 1 N–H and O–H groups in total. The molecule has 0 spiro atoms. The van der Waals surface area contributed by atoms with E-state index < -0.39 is 17.7 Å². The van der Waals surface area contributed by atoms with Gasteiger partial charge >= 0.3 is 0 Å². The van der Waals surface area contributed by atoms with Gasteiger partial charge in [-0.05, 0) is 30.3 Å². The van der Waals surface area contributed by atoms with Crippen molar-refractivity contribution < 1.29 is 13.5 Å². The third-order valence-corrected chi connectivity index (χ3v) is 3.52. The normalized spacial score (nSPS) is 12.2. The van der Waals surface area contributed by atoms with Crippen LogP contribution in [0.25, 0.3) is 0 Å². The average molecular weight is 312 g/mol. The molecule has 1 unspecified atom stereocenters. The molecular weight excluding hydrogens is 296 g/mol. The predicted molar refractivity (Wildman–Crippen MR) is 79.9 cm³/mol. The molecule has 0 aliphatic carbocycles. The Kier molecular flexibility index (Phi) is 5.15. The Labute approximate surface area is 127 Å². The van der Waals surface area contributed by atoms with Crippen LogP contribution in [0.15, 0.2) is 36.4 Å². The molecular formula is C16H16ClF2NO. The number of hydrogen-bond donors (Lipinski definition) is 1. The predicted octanol–water partition coefficient (Wildman–Crippen LogP) is 4.33. The van der Waals surface area contributed by atoms with Crippen LogP contribution in [0.1, 0.15) is 24.1 Å². The number of halogens is 3. The first-order valence-corrected chi connectivity index (χ1v) is 6.97. The van der Waals surface area contributed by atoms with E-state index in [2.05, 4.69) is 5.32 Å². The van der Waals surface area contributed by atoms with E-state index in [1.54, 1.807) is 24.3 Å². The molecule has 0 saturated heterocycles. The largest absolute Gasteiger partial charge is 0.494 e. The van der Waals surface area contributed by atoms with Gasteiger partial charge in [0.15, 0.2) is 11.6 Å². The second-order valence-corrected chi connectivity index (χ2v) is 4.93. The second-order valence-electron chi connectivity index (χ2n) is 4.53. The molecule has 0 bridgehead atoms. The maximum Gasteiger partial charge on any atom is 0.170 e. The summed E-state index contributed by atoms with van der Waals surface area (Å²) in [6.45, 7) is 2.50. The monoisotopic (exact) mass is 311 g/mol. The molecule has 0 aromatic heterocycles. The molecule has 112 valence electrons. The summed E-state index contributed by atoms with van der Waals surface area (Å²) in [5.74, 6) is -0.827. The van der Waals surface area contributed by atoms with Gasteiger partial charge in [-0.2, -0.15) is 0 Å².